The molecular formula is C24H31BrN4O2. The van der Waals surface area contributed by atoms with Crippen LogP contribution in [-0.4, -0.2) is 41.2 Å². The zero-order valence-electron chi connectivity index (χ0n) is 18.5. The predicted molar refractivity (Wildman–Crippen MR) is 129 cm³/mol. The van der Waals surface area contributed by atoms with Crippen LogP contribution in [0.25, 0.3) is 0 Å². The highest BCUT2D eigenvalue weighted by atomic mass is 79.9. The first kappa shape index (κ1) is 22.1. The van der Waals surface area contributed by atoms with Crippen LogP contribution in [0.15, 0.2) is 34.8 Å². The van der Waals surface area contributed by atoms with E-state index in [-0.39, 0.29) is 12.5 Å². The number of aliphatic hydroxyl groups excluding tert-OH is 1. The summed E-state index contributed by atoms with van der Waals surface area (Å²) < 4.78 is 0.959. The van der Waals surface area contributed by atoms with Gasteiger partial charge in [-0.15, -0.1) is 0 Å². The van der Waals surface area contributed by atoms with Gasteiger partial charge in [0.15, 0.2) is 0 Å². The Balaban J connectivity index is 1.61. The minimum absolute atomic E-state index is 0.0131. The highest BCUT2D eigenvalue weighted by molar-refractivity contribution is 9.10. The predicted octanol–water partition coefficient (Wildman–Crippen LogP) is 4.97. The lowest BCUT2D eigenvalue weighted by Gasteiger charge is -2.34. The molecule has 1 spiro atoms. The van der Waals surface area contributed by atoms with Gasteiger partial charge in [0.2, 0.25) is 0 Å². The summed E-state index contributed by atoms with van der Waals surface area (Å²) in [6.45, 7) is 7.66. The van der Waals surface area contributed by atoms with Crippen LogP contribution < -0.4 is 15.5 Å². The van der Waals surface area contributed by atoms with Crippen molar-refractivity contribution in [1.29, 1.82) is 0 Å². The number of anilines is 3. The molecule has 1 amide bonds. The minimum Gasteiger partial charge on any atom is -0.394 e. The number of aliphatic hydroxyl groups is 1. The lowest BCUT2D eigenvalue weighted by Crippen LogP contribution is -2.38. The van der Waals surface area contributed by atoms with Crippen LogP contribution in [0, 0.1) is 12.3 Å². The maximum atomic E-state index is 13.2. The molecule has 2 heterocycles. The number of carbonyl (C=O) groups is 1. The number of aromatic nitrogens is 1. The van der Waals surface area contributed by atoms with Gasteiger partial charge >= 0.3 is 0 Å². The van der Waals surface area contributed by atoms with Crippen LogP contribution in [0.1, 0.15) is 55.5 Å². The second-order valence-corrected chi connectivity index (χ2v) is 10.5. The first-order valence-electron chi connectivity index (χ1n) is 10.9. The second-order valence-electron chi connectivity index (χ2n) is 9.64. The number of halogens is 1. The Kier molecular flexibility index (Phi) is 6.01. The summed E-state index contributed by atoms with van der Waals surface area (Å²) in [5.41, 5.74) is 2.47. The SMILES string of the molecule is Cc1ccc(NC(=O)c2ccc(NC(C)(C)CO)nc2N2CCC3(CC2)CC3)cc1Br. The van der Waals surface area contributed by atoms with E-state index in [0.717, 1.165) is 41.7 Å². The van der Waals surface area contributed by atoms with E-state index in [2.05, 4.69) is 31.5 Å². The molecule has 166 valence electrons. The van der Waals surface area contributed by atoms with Gasteiger partial charge in [-0.25, -0.2) is 4.98 Å². The third-order valence-corrected chi connectivity index (χ3v) is 7.35. The lowest BCUT2D eigenvalue weighted by atomic mass is 9.93. The topological polar surface area (TPSA) is 77.5 Å². The number of rotatable bonds is 6. The molecule has 7 heteroatoms. The quantitative estimate of drug-likeness (QED) is 0.537. The average molecular weight is 487 g/mol. The van der Waals surface area contributed by atoms with E-state index in [0.29, 0.717) is 22.6 Å². The molecule has 1 aromatic heterocycles. The molecule has 4 rings (SSSR count). The van der Waals surface area contributed by atoms with E-state index in [1.165, 1.54) is 12.8 Å². The van der Waals surface area contributed by atoms with E-state index in [1.807, 2.05) is 51.1 Å². The number of aryl methyl sites for hydroxylation is 1. The highest BCUT2D eigenvalue weighted by Crippen LogP contribution is 2.54. The first-order valence-corrected chi connectivity index (χ1v) is 11.7. The minimum atomic E-state index is -0.498. The van der Waals surface area contributed by atoms with Crippen molar-refractivity contribution in [3.05, 3.63) is 45.9 Å². The van der Waals surface area contributed by atoms with Gasteiger partial charge in [-0.1, -0.05) is 22.0 Å². The standard InChI is InChI=1S/C24H31BrN4O2/c1-16-4-5-17(14-19(16)25)26-22(31)18-6-7-20(28-23(2,3)15-30)27-21(18)29-12-10-24(8-9-24)11-13-29/h4-7,14,30H,8-13,15H2,1-3H3,(H,26,31)(H,27,28). The van der Waals surface area contributed by atoms with Crippen LogP contribution in [0.4, 0.5) is 17.3 Å². The normalized spacial score (nSPS) is 17.5. The summed E-state index contributed by atoms with van der Waals surface area (Å²) in [7, 11) is 0. The maximum Gasteiger partial charge on any atom is 0.259 e. The fourth-order valence-corrected chi connectivity index (χ4v) is 4.44. The van der Waals surface area contributed by atoms with E-state index in [9.17, 15) is 9.90 Å². The highest BCUT2D eigenvalue weighted by Gasteiger charge is 2.45. The van der Waals surface area contributed by atoms with Gasteiger partial charge in [0.1, 0.15) is 11.6 Å². The summed E-state index contributed by atoms with van der Waals surface area (Å²) >= 11 is 3.53. The van der Waals surface area contributed by atoms with Gasteiger partial charge in [0, 0.05) is 23.2 Å². The number of hydrogen-bond acceptors (Lipinski definition) is 5. The number of amides is 1. The molecule has 2 aliphatic rings. The average Bonchev–Trinajstić information content (AvgIpc) is 3.50. The van der Waals surface area contributed by atoms with Crippen molar-refractivity contribution in [3.63, 3.8) is 0 Å². The molecule has 31 heavy (non-hydrogen) atoms. The van der Waals surface area contributed by atoms with Crippen LogP contribution >= 0.6 is 15.9 Å². The largest absolute Gasteiger partial charge is 0.394 e. The Labute approximate surface area is 192 Å². The van der Waals surface area contributed by atoms with Crippen LogP contribution in [0.2, 0.25) is 0 Å². The number of benzene rings is 1. The van der Waals surface area contributed by atoms with E-state index in [4.69, 9.17) is 4.98 Å². The van der Waals surface area contributed by atoms with E-state index < -0.39 is 5.54 Å². The fraction of sp³-hybridized carbons (Fsp3) is 0.500. The van der Waals surface area contributed by atoms with Crippen molar-refractivity contribution in [2.45, 2.75) is 52.0 Å². The van der Waals surface area contributed by atoms with Crippen molar-refractivity contribution in [3.8, 4) is 0 Å². The smallest absolute Gasteiger partial charge is 0.259 e. The van der Waals surface area contributed by atoms with Crippen molar-refractivity contribution < 1.29 is 9.90 Å². The van der Waals surface area contributed by atoms with Gasteiger partial charge in [-0.2, -0.15) is 0 Å². The van der Waals surface area contributed by atoms with Crippen molar-refractivity contribution in [2.24, 2.45) is 5.41 Å². The summed E-state index contributed by atoms with van der Waals surface area (Å²) in [5.74, 6) is 1.20. The molecule has 0 radical (unpaired) electrons. The third-order valence-electron chi connectivity index (χ3n) is 6.49. The molecule has 2 aromatic rings. The molecular weight excluding hydrogens is 456 g/mol. The Bertz CT molecular complexity index is 978. The molecule has 0 atom stereocenters. The van der Waals surface area contributed by atoms with E-state index >= 15 is 0 Å². The zero-order chi connectivity index (χ0) is 22.2. The molecule has 1 aromatic carbocycles. The molecule has 6 nitrogen and oxygen atoms in total. The van der Waals surface area contributed by atoms with E-state index in [1.54, 1.807) is 0 Å². The molecule has 1 aliphatic heterocycles. The summed E-state index contributed by atoms with van der Waals surface area (Å²) in [5, 5.41) is 15.9. The summed E-state index contributed by atoms with van der Waals surface area (Å²) in [6, 6.07) is 9.44. The monoisotopic (exact) mass is 486 g/mol. The Morgan fingerprint density at radius 3 is 2.52 bits per heavy atom. The van der Waals surface area contributed by atoms with Crippen LogP contribution in [0.5, 0.6) is 0 Å². The zero-order valence-corrected chi connectivity index (χ0v) is 20.1. The Morgan fingerprint density at radius 1 is 1.19 bits per heavy atom. The van der Waals surface area contributed by atoms with Crippen LogP contribution in [-0.2, 0) is 0 Å². The molecule has 1 saturated carbocycles. The summed E-state index contributed by atoms with van der Waals surface area (Å²) in [4.78, 5) is 20.3. The fourth-order valence-electron chi connectivity index (χ4n) is 4.06. The number of hydrogen-bond donors (Lipinski definition) is 3. The molecule has 0 bridgehead atoms. The molecule has 1 saturated heterocycles. The Morgan fingerprint density at radius 2 is 1.90 bits per heavy atom. The lowest BCUT2D eigenvalue weighted by molar-refractivity contribution is 0.102. The van der Waals surface area contributed by atoms with Gasteiger partial charge in [0.25, 0.3) is 5.91 Å². The second kappa shape index (κ2) is 8.43. The molecule has 1 aliphatic carbocycles. The van der Waals surface area contributed by atoms with Gasteiger partial charge in [0.05, 0.1) is 17.7 Å². The number of carbonyl (C=O) groups excluding carboxylic acids is 1. The molecule has 2 fully saturated rings. The van der Waals surface area contributed by atoms with Crippen molar-refractivity contribution in [1.82, 2.24) is 4.98 Å². The third kappa shape index (κ3) is 5.04. The first-order chi connectivity index (χ1) is 14.7. The van der Waals surface area contributed by atoms with Gasteiger partial charge in [-0.3, -0.25) is 4.79 Å². The number of nitrogens with one attached hydrogen (secondary N) is 2. The number of piperidine rings is 1. The van der Waals surface area contributed by atoms with Crippen molar-refractivity contribution >= 4 is 39.2 Å². The maximum absolute atomic E-state index is 13.2. The Hall–Kier alpha value is -2.12. The van der Waals surface area contributed by atoms with Crippen LogP contribution in [0.3, 0.4) is 0 Å². The molecule has 3 N–H and O–H groups in total. The number of pyridine rings is 1. The summed E-state index contributed by atoms with van der Waals surface area (Å²) in [6.07, 6.45) is 4.97. The van der Waals surface area contributed by atoms with Crippen molar-refractivity contribution in [2.75, 3.05) is 35.2 Å². The van der Waals surface area contributed by atoms with Gasteiger partial charge in [-0.05, 0) is 81.7 Å². The van der Waals surface area contributed by atoms with Gasteiger partial charge < -0.3 is 20.6 Å². The number of nitrogens with zero attached hydrogens (tertiary/aromatic N) is 2. The molecule has 0 unspecified atom stereocenters.